The molecule has 0 aromatic carbocycles. The number of hydrogen-bond acceptors (Lipinski definition) is 5. The van der Waals surface area contributed by atoms with Crippen LogP contribution in [0.4, 0.5) is 0 Å². The first-order chi connectivity index (χ1) is 12.1. The molecule has 144 valence electrons. The highest BCUT2D eigenvalue weighted by Gasteiger charge is 2.37. The number of hydrogen-bond donors (Lipinski definition) is 1. The molecule has 0 spiro atoms. The molecular weight excluding hydrogens is 320 g/mol. The summed E-state index contributed by atoms with van der Waals surface area (Å²) in [5.41, 5.74) is 0. The van der Waals surface area contributed by atoms with Crippen LogP contribution in [0.1, 0.15) is 19.8 Å². The zero-order valence-corrected chi connectivity index (χ0v) is 16.2. The molecule has 0 radical (unpaired) electrons. The van der Waals surface area contributed by atoms with Crippen LogP contribution in [0.25, 0.3) is 0 Å². The molecule has 0 aromatic heterocycles. The van der Waals surface area contributed by atoms with Gasteiger partial charge in [-0.1, -0.05) is 6.92 Å². The second kappa shape index (κ2) is 9.97. The van der Waals surface area contributed by atoms with Crippen molar-refractivity contribution in [1.82, 2.24) is 15.1 Å². The quantitative estimate of drug-likeness (QED) is 0.429. The maximum atomic E-state index is 11.9. The van der Waals surface area contributed by atoms with E-state index < -0.39 is 0 Å². The zero-order valence-electron chi connectivity index (χ0n) is 16.2. The van der Waals surface area contributed by atoms with Crippen molar-refractivity contribution >= 4 is 11.9 Å². The average molecular weight is 354 g/mol. The minimum absolute atomic E-state index is 0.0624. The second-order valence-corrected chi connectivity index (χ2v) is 7.22. The van der Waals surface area contributed by atoms with E-state index in [0.717, 1.165) is 45.3 Å². The first-order valence-corrected chi connectivity index (χ1v) is 9.33. The highest BCUT2D eigenvalue weighted by molar-refractivity contribution is 5.82. The Labute approximate surface area is 151 Å². The molecule has 0 amide bonds. The molecule has 25 heavy (non-hydrogen) atoms. The fourth-order valence-corrected chi connectivity index (χ4v) is 3.80. The minimum Gasteiger partial charge on any atom is -0.469 e. The first kappa shape index (κ1) is 20.0. The Balaban J connectivity index is 1.75. The number of rotatable bonds is 6. The van der Waals surface area contributed by atoms with Crippen molar-refractivity contribution in [3.63, 3.8) is 0 Å². The molecule has 2 fully saturated rings. The molecule has 2 aliphatic heterocycles. The van der Waals surface area contributed by atoms with Gasteiger partial charge in [0.25, 0.3) is 0 Å². The summed E-state index contributed by atoms with van der Waals surface area (Å²) in [6.07, 6.45) is 2.41. The lowest BCUT2D eigenvalue weighted by molar-refractivity contribution is -0.145. The first-order valence-electron chi connectivity index (χ1n) is 9.33. The summed E-state index contributed by atoms with van der Waals surface area (Å²) in [5, 5.41) is 3.52. The van der Waals surface area contributed by atoms with Crippen LogP contribution in [0.3, 0.4) is 0 Å². The largest absolute Gasteiger partial charge is 0.469 e. The SMILES string of the molecule is CN=C(NCC1CCN(CCOC)CC1)N1CC(C)C(C(=O)OC)C1. The molecule has 2 atom stereocenters. The van der Waals surface area contributed by atoms with Gasteiger partial charge in [0.15, 0.2) is 5.96 Å². The molecule has 2 saturated heterocycles. The zero-order chi connectivity index (χ0) is 18.2. The van der Waals surface area contributed by atoms with Crippen molar-refractivity contribution in [2.45, 2.75) is 19.8 Å². The van der Waals surface area contributed by atoms with E-state index >= 15 is 0 Å². The van der Waals surface area contributed by atoms with Gasteiger partial charge in [0.1, 0.15) is 0 Å². The third-order valence-electron chi connectivity index (χ3n) is 5.50. The predicted octanol–water partition coefficient (Wildman–Crippen LogP) is 0.661. The van der Waals surface area contributed by atoms with Gasteiger partial charge in [-0.05, 0) is 37.8 Å². The monoisotopic (exact) mass is 354 g/mol. The van der Waals surface area contributed by atoms with E-state index in [2.05, 4.69) is 27.0 Å². The molecule has 2 rings (SSSR count). The number of esters is 1. The normalized spacial score (nSPS) is 26.1. The van der Waals surface area contributed by atoms with E-state index in [1.807, 2.05) is 7.05 Å². The number of methoxy groups -OCH3 is 2. The van der Waals surface area contributed by atoms with Crippen LogP contribution in [0.5, 0.6) is 0 Å². The number of guanidine groups is 1. The molecular formula is C18H34N4O3. The summed E-state index contributed by atoms with van der Waals surface area (Å²) in [7, 11) is 5.03. The van der Waals surface area contributed by atoms with Crippen LogP contribution in [-0.2, 0) is 14.3 Å². The van der Waals surface area contributed by atoms with Crippen molar-refractivity contribution in [2.75, 3.05) is 67.1 Å². The molecule has 1 N–H and O–H groups in total. The summed E-state index contributed by atoms with van der Waals surface area (Å²) in [4.78, 5) is 20.9. The standard InChI is InChI=1S/C18H34N4O3/c1-14-12-22(13-16(14)17(23)25-4)18(19-2)20-11-15-5-7-21(8-6-15)9-10-24-3/h14-16H,5-13H2,1-4H3,(H,19,20). The lowest BCUT2D eigenvalue weighted by atomic mass is 9.97. The van der Waals surface area contributed by atoms with Gasteiger partial charge >= 0.3 is 5.97 Å². The molecule has 2 unspecified atom stereocenters. The Bertz CT molecular complexity index is 450. The molecule has 0 saturated carbocycles. The van der Waals surface area contributed by atoms with Crippen LogP contribution in [-0.4, -0.2) is 88.9 Å². The average Bonchev–Trinajstić information content (AvgIpc) is 3.02. The van der Waals surface area contributed by atoms with E-state index in [1.54, 1.807) is 7.11 Å². The van der Waals surface area contributed by atoms with E-state index in [1.165, 1.54) is 20.0 Å². The predicted molar refractivity (Wildman–Crippen MR) is 98.6 cm³/mol. The topological polar surface area (TPSA) is 66.4 Å². The summed E-state index contributed by atoms with van der Waals surface area (Å²) in [5.74, 6) is 1.68. The molecule has 7 heteroatoms. The maximum Gasteiger partial charge on any atom is 0.310 e. The maximum absolute atomic E-state index is 11.9. The van der Waals surface area contributed by atoms with Gasteiger partial charge in [-0.15, -0.1) is 0 Å². The van der Waals surface area contributed by atoms with E-state index in [-0.39, 0.29) is 17.8 Å². The molecule has 0 aromatic rings. The van der Waals surface area contributed by atoms with Crippen molar-refractivity contribution in [3.8, 4) is 0 Å². The van der Waals surface area contributed by atoms with Gasteiger partial charge < -0.3 is 24.6 Å². The van der Waals surface area contributed by atoms with Gasteiger partial charge in [0.2, 0.25) is 0 Å². The number of likely N-dealkylation sites (tertiary alicyclic amines) is 2. The molecule has 0 aliphatic carbocycles. The summed E-state index contributed by atoms with van der Waals surface area (Å²) >= 11 is 0. The molecule has 7 nitrogen and oxygen atoms in total. The number of aliphatic imine (C=N–C) groups is 1. The Morgan fingerprint density at radius 3 is 2.56 bits per heavy atom. The van der Waals surface area contributed by atoms with E-state index in [0.29, 0.717) is 12.5 Å². The van der Waals surface area contributed by atoms with Crippen molar-refractivity contribution < 1.29 is 14.3 Å². The Morgan fingerprint density at radius 1 is 1.24 bits per heavy atom. The lowest BCUT2D eigenvalue weighted by Gasteiger charge is -2.32. The molecule has 0 bridgehead atoms. The third-order valence-corrected chi connectivity index (χ3v) is 5.50. The van der Waals surface area contributed by atoms with Crippen molar-refractivity contribution in [1.29, 1.82) is 0 Å². The molecule has 2 aliphatic rings. The van der Waals surface area contributed by atoms with Gasteiger partial charge in [-0.2, -0.15) is 0 Å². The summed E-state index contributed by atoms with van der Waals surface area (Å²) in [6.45, 7) is 8.68. The number of carbonyl (C=O) groups excluding carboxylic acids is 1. The van der Waals surface area contributed by atoms with Crippen LogP contribution in [0.15, 0.2) is 4.99 Å². The molecule has 2 heterocycles. The van der Waals surface area contributed by atoms with Gasteiger partial charge in [0.05, 0.1) is 19.6 Å². The van der Waals surface area contributed by atoms with Crippen LogP contribution >= 0.6 is 0 Å². The third kappa shape index (κ3) is 5.57. The minimum atomic E-state index is -0.117. The smallest absolute Gasteiger partial charge is 0.310 e. The number of nitrogens with zero attached hydrogens (tertiary/aromatic N) is 3. The van der Waals surface area contributed by atoms with Crippen LogP contribution in [0, 0.1) is 17.8 Å². The number of piperidine rings is 1. The Kier molecular flexibility index (Phi) is 7.96. The lowest BCUT2D eigenvalue weighted by Crippen LogP contribution is -2.44. The fraction of sp³-hybridized carbons (Fsp3) is 0.889. The highest BCUT2D eigenvalue weighted by Crippen LogP contribution is 2.24. The highest BCUT2D eigenvalue weighted by atomic mass is 16.5. The van der Waals surface area contributed by atoms with E-state index in [9.17, 15) is 4.79 Å². The van der Waals surface area contributed by atoms with Crippen molar-refractivity contribution in [3.05, 3.63) is 0 Å². The number of nitrogens with one attached hydrogen (secondary N) is 1. The Hall–Kier alpha value is -1.34. The van der Waals surface area contributed by atoms with Crippen molar-refractivity contribution in [2.24, 2.45) is 22.7 Å². The van der Waals surface area contributed by atoms with Gasteiger partial charge in [0, 0.05) is 40.3 Å². The van der Waals surface area contributed by atoms with Crippen LogP contribution < -0.4 is 5.32 Å². The Morgan fingerprint density at radius 2 is 1.96 bits per heavy atom. The fourth-order valence-electron chi connectivity index (χ4n) is 3.80. The van der Waals surface area contributed by atoms with Crippen LogP contribution in [0.2, 0.25) is 0 Å². The van der Waals surface area contributed by atoms with Gasteiger partial charge in [-0.3, -0.25) is 9.79 Å². The van der Waals surface area contributed by atoms with E-state index in [4.69, 9.17) is 9.47 Å². The number of carbonyl (C=O) groups is 1. The second-order valence-electron chi connectivity index (χ2n) is 7.22. The summed E-state index contributed by atoms with van der Waals surface area (Å²) in [6, 6.07) is 0. The number of ether oxygens (including phenoxy) is 2. The summed E-state index contributed by atoms with van der Waals surface area (Å²) < 4.78 is 10.1. The van der Waals surface area contributed by atoms with Gasteiger partial charge in [-0.25, -0.2) is 0 Å².